The third-order valence-corrected chi connectivity index (χ3v) is 12.0. The monoisotopic (exact) mass is 896 g/mol. The van der Waals surface area contributed by atoms with Crippen LogP contribution in [0.25, 0.3) is 22.3 Å². The van der Waals surface area contributed by atoms with E-state index in [1.807, 2.05) is 94.4 Å². The minimum atomic E-state index is -0.446. The summed E-state index contributed by atoms with van der Waals surface area (Å²) in [6, 6.07) is 33.3. The van der Waals surface area contributed by atoms with Crippen LogP contribution >= 0.6 is 0 Å². The highest BCUT2D eigenvalue weighted by Crippen LogP contribution is 2.38. The molecule has 0 bridgehead atoms. The van der Waals surface area contributed by atoms with Gasteiger partial charge in [-0.05, 0) is 206 Å². The summed E-state index contributed by atoms with van der Waals surface area (Å²) in [5.41, 5.74) is 11.3. The topological polar surface area (TPSA) is 168 Å². The fraction of sp³-hybridized carbons (Fsp3) is 0.333. The minimum absolute atomic E-state index is 0.0534. The zero-order valence-electron chi connectivity index (χ0n) is 40.0. The third kappa shape index (κ3) is 14.6. The van der Waals surface area contributed by atoms with Crippen molar-refractivity contribution in [3.63, 3.8) is 0 Å². The van der Waals surface area contributed by atoms with Gasteiger partial charge < -0.3 is 40.8 Å². The molecule has 350 valence electrons. The van der Waals surface area contributed by atoms with Crippen LogP contribution in [0.15, 0.2) is 109 Å². The Morgan fingerprint density at radius 3 is 1.33 bits per heavy atom. The van der Waals surface area contributed by atoms with Gasteiger partial charge in [0.1, 0.15) is 40.3 Å². The molecule has 0 aliphatic carbocycles. The summed E-state index contributed by atoms with van der Waals surface area (Å²) < 4.78 is 0. The van der Waals surface area contributed by atoms with Crippen molar-refractivity contribution in [3.05, 3.63) is 154 Å². The fourth-order valence-electron chi connectivity index (χ4n) is 7.94. The molecule has 6 aromatic rings. The van der Waals surface area contributed by atoms with E-state index in [-0.39, 0.29) is 23.2 Å². The van der Waals surface area contributed by atoms with Gasteiger partial charge in [0.25, 0.3) is 0 Å². The lowest BCUT2D eigenvalue weighted by atomic mass is 9.73. The minimum Gasteiger partial charge on any atom is -0.508 e. The number of hydrogen-bond acceptors (Lipinski definition) is 8. The maximum absolute atomic E-state index is 12.2. The van der Waals surface area contributed by atoms with Crippen LogP contribution in [0.1, 0.15) is 117 Å². The van der Waals surface area contributed by atoms with Crippen molar-refractivity contribution in [2.45, 2.75) is 119 Å². The molecule has 6 aromatic carbocycles. The number of benzene rings is 6. The number of phenolic OH excluding ortho intramolecular Hbond substituents is 6. The van der Waals surface area contributed by atoms with Crippen LogP contribution in [-0.2, 0) is 27.8 Å². The van der Waals surface area contributed by atoms with Crippen molar-refractivity contribution in [2.24, 2.45) is 0 Å². The molecule has 0 heterocycles. The van der Waals surface area contributed by atoms with Crippen molar-refractivity contribution in [1.29, 1.82) is 0 Å². The van der Waals surface area contributed by atoms with Gasteiger partial charge in [-0.1, -0.05) is 70.0 Å². The van der Waals surface area contributed by atoms with Crippen LogP contribution in [0.5, 0.6) is 34.5 Å². The lowest BCUT2D eigenvalue weighted by Crippen LogP contribution is -2.29. The van der Waals surface area contributed by atoms with E-state index < -0.39 is 5.41 Å². The number of aryl methyl sites for hydroxylation is 6. The molecule has 0 saturated heterocycles. The molecule has 0 aliphatic heterocycles. The van der Waals surface area contributed by atoms with Crippen molar-refractivity contribution in [2.75, 3.05) is 6.54 Å². The van der Waals surface area contributed by atoms with Gasteiger partial charge in [0.05, 0.1) is 0 Å². The van der Waals surface area contributed by atoms with Crippen molar-refractivity contribution < 1.29 is 40.2 Å². The second-order valence-corrected chi connectivity index (χ2v) is 17.5. The number of phenols is 6. The highest BCUT2D eigenvalue weighted by Gasteiger charge is 2.30. The van der Waals surface area contributed by atoms with Gasteiger partial charge >= 0.3 is 0 Å². The summed E-state index contributed by atoms with van der Waals surface area (Å²) in [5.74, 6) is 1.89. The molecule has 0 aliphatic rings. The van der Waals surface area contributed by atoms with Gasteiger partial charge in [0.2, 0.25) is 5.91 Å². The van der Waals surface area contributed by atoms with Crippen molar-refractivity contribution >= 4 is 11.7 Å². The molecule has 66 heavy (non-hydrogen) atoms. The Balaban J connectivity index is 0.000000221. The van der Waals surface area contributed by atoms with E-state index in [4.69, 9.17) is 0 Å². The van der Waals surface area contributed by atoms with Gasteiger partial charge in [-0.3, -0.25) is 4.79 Å². The Hall–Kier alpha value is -6.74. The van der Waals surface area contributed by atoms with E-state index >= 15 is 0 Å². The van der Waals surface area contributed by atoms with Crippen molar-refractivity contribution in [1.82, 2.24) is 5.32 Å². The molecule has 0 spiro atoms. The first-order valence-electron chi connectivity index (χ1n) is 23.0. The van der Waals surface area contributed by atoms with Gasteiger partial charge in [0, 0.05) is 24.8 Å². The average Bonchev–Trinajstić information content (AvgIpc) is 3.29. The normalized spacial score (nSPS) is 10.9. The lowest BCUT2D eigenvalue weighted by Gasteiger charge is -2.31. The standard InChI is InChI=1S/C22H27NO4.C18H22O2.C17H20O2/c1-16(24)4-3-15-23-21(27)13-14-22(2,17-5-9-19(25)10-6-17)18-7-11-20(26)12-8-18;1-4-5-6-15-11-14(7-8-17(15)19)16-9-12(2)18(20)13(3)10-16;1-4-5-14-10-13(6-7-16(14)18)15-8-11(2)17(19)12(3)9-15/h5-12,25-26H,3-4,13-15H2,1-2H3,(H,23,27);7-11,19-20H,4-6H2,1-3H3;6-10,18-19H,4-5H2,1-3H3. The van der Waals surface area contributed by atoms with Gasteiger partial charge in [0.15, 0.2) is 0 Å². The van der Waals surface area contributed by atoms with Gasteiger partial charge in [-0.25, -0.2) is 0 Å². The summed E-state index contributed by atoms with van der Waals surface area (Å²) in [4.78, 5) is 23.2. The molecule has 0 unspecified atom stereocenters. The second kappa shape index (κ2) is 24.5. The quantitative estimate of drug-likeness (QED) is 0.0471. The summed E-state index contributed by atoms with van der Waals surface area (Å²) in [5, 5.41) is 61.5. The summed E-state index contributed by atoms with van der Waals surface area (Å²) in [6.45, 7) is 16.0. The maximum atomic E-state index is 12.2. The third-order valence-electron chi connectivity index (χ3n) is 12.0. The van der Waals surface area contributed by atoms with E-state index in [2.05, 4.69) is 32.2 Å². The SMILES string of the molecule is CC(=O)CCCNC(=O)CCC(C)(c1ccc(O)cc1)c1ccc(O)cc1.CCCCc1cc(-c2cc(C)c(O)c(C)c2)ccc1O.CCCc1cc(-c2cc(C)c(O)c(C)c2)ccc1O. The van der Waals surface area contributed by atoms with Crippen LogP contribution < -0.4 is 5.32 Å². The first-order chi connectivity index (χ1) is 31.4. The van der Waals surface area contributed by atoms with E-state index in [0.29, 0.717) is 55.2 Å². The molecule has 6 rings (SSSR count). The number of aromatic hydroxyl groups is 6. The van der Waals surface area contributed by atoms with E-state index in [9.17, 15) is 40.2 Å². The molecule has 0 aromatic heterocycles. The van der Waals surface area contributed by atoms with Crippen LogP contribution in [-0.4, -0.2) is 48.9 Å². The molecular formula is C57H69NO8. The Labute approximate surface area is 391 Å². The molecule has 0 fully saturated rings. The first kappa shape index (κ1) is 51.9. The highest BCUT2D eigenvalue weighted by atomic mass is 16.3. The van der Waals surface area contributed by atoms with Crippen LogP contribution in [0.4, 0.5) is 0 Å². The van der Waals surface area contributed by atoms with Crippen LogP contribution in [0.2, 0.25) is 0 Å². The number of Topliss-reactive ketones (excluding diaryl/α,β-unsaturated/α-hetero) is 1. The van der Waals surface area contributed by atoms with Gasteiger partial charge in [-0.15, -0.1) is 0 Å². The number of unbranched alkanes of at least 4 members (excludes halogenated alkanes) is 1. The Morgan fingerprint density at radius 1 is 0.515 bits per heavy atom. The predicted molar refractivity (Wildman–Crippen MR) is 267 cm³/mol. The molecule has 0 atom stereocenters. The zero-order valence-corrected chi connectivity index (χ0v) is 40.0. The highest BCUT2D eigenvalue weighted by molar-refractivity contribution is 5.77. The summed E-state index contributed by atoms with van der Waals surface area (Å²) >= 11 is 0. The van der Waals surface area contributed by atoms with Crippen LogP contribution in [0, 0.1) is 27.7 Å². The molecule has 7 N–H and O–H groups in total. The van der Waals surface area contributed by atoms with Gasteiger partial charge in [-0.2, -0.15) is 0 Å². The summed E-state index contributed by atoms with van der Waals surface area (Å²) in [7, 11) is 0. The number of hydrogen-bond donors (Lipinski definition) is 7. The number of amides is 1. The average molecular weight is 896 g/mol. The van der Waals surface area contributed by atoms with E-state index in [0.717, 1.165) is 98.9 Å². The second-order valence-electron chi connectivity index (χ2n) is 17.5. The lowest BCUT2D eigenvalue weighted by molar-refractivity contribution is -0.122. The Bertz CT molecular complexity index is 2450. The van der Waals surface area contributed by atoms with E-state index in [1.54, 1.807) is 43.3 Å². The number of carbonyl (C=O) groups excluding carboxylic acids is 2. The molecule has 0 saturated carbocycles. The fourth-order valence-corrected chi connectivity index (χ4v) is 7.94. The Morgan fingerprint density at radius 2 is 0.939 bits per heavy atom. The number of carbonyl (C=O) groups is 2. The smallest absolute Gasteiger partial charge is 0.220 e. The Kier molecular flexibility index (Phi) is 19.3. The summed E-state index contributed by atoms with van der Waals surface area (Å²) in [6.07, 6.45) is 6.98. The molecular weight excluding hydrogens is 827 g/mol. The molecule has 1 amide bonds. The number of ketones is 1. The largest absolute Gasteiger partial charge is 0.508 e. The van der Waals surface area contributed by atoms with E-state index in [1.165, 1.54) is 0 Å². The maximum Gasteiger partial charge on any atom is 0.220 e. The zero-order chi connectivity index (χ0) is 48.6. The first-order valence-corrected chi connectivity index (χ1v) is 23.0. The van der Waals surface area contributed by atoms with Crippen LogP contribution in [0.3, 0.4) is 0 Å². The predicted octanol–water partition coefficient (Wildman–Crippen LogP) is 12.7. The number of nitrogens with one attached hydrogen (secondary N) is 1. The molecule has 9 heteroatoms. The van der Waals surface area contributed by atoms with Crippen molar-refractivity contribution in [3.8, 4) is 56.8 Å². The molecule has 0 radical (unpaired) electrons. The number of rotatable bonds is 16. The molecule has 9 nitrogen and oxygen atoms in total.